The second kappa shape index (κ2) is 5.78. The van der Waals surface area contributed by atoms with E-state index in [0.29, 0.717) is 6.61 Å². The number of hydrogen-bond acceptors (Lipinski definition) is 3. The smallest absolute Gasteiger partial charge is 0.162 e. The van der Waals surface area contributed by atoms with Crippen molar-refractivity contribution in [2.45, 2.75) is 19.8 Å². The minimum Gasteiger partial charge on any atom is -0.493 e. The van der Waals surface area contributed by atoms with Crippen molar-refractivity contribution in [1.29, 1.82) is 0 Å². The lowest BCUT2D eigenvalue weighted by Gasteiger charge is -2.19. The molecule has 0 amide bonds. The van der Waals surface area contributed by atoms with Gasteiger partial charge in [-0.05, 0) is 49.7 Å². The van der Waals surface area contributed by atoms with Crippen molar-refractivity contribution in [2.24, 2.45) is 17.8 Å². The van der Waals surface area contributed by atoms with E-state index in [2.05, 4.69) is 23.5 Å². The van der Waals surface area contributed by atoms with Crippen LogP contribution in [-0.2, 0) is 0 Å². The Balaban J connectivity index is 1.61. The molecule has 3 atom stereocenters. The average Bonchev–Trinajstić information content (AvgIpc) is 3.09. The zero-order chi connectivity index (χ0) is 13.9. The lowest BCUT2D eigenvalue weighted by atomic mass is 9.93. The van der Waals surface area contributed by atoms with E-state index in [-0.39, 0.29) is 0 Å². The van der Waals surface area contributed by atoms with Crippen LogP contribution in [0.5, 0.6) is 11.5 Å². The van der Waals surface area contributed by atoms with Gasteiger partial charge in [-0.2, -0.15) is 0 Å². The maximum absolute atomic E-state index is 5.54. The highest BCUT2D eigenvalue weighted by molar-refractivity contribution is 5.54. The summed E-state index contributed by atoms with van der Waals surface area (Å²) in [6.07, 6.45) is 7.49. The van der Waals surface area contributed by atoms with Crippen molar-refractivity contribution in [2.75, 3.05) is 25.6 Å². The molecule has 2 aliphatic carbocycles. The summed E-state index contributed by atoms with van der Waals surface area (Å²) >= 11 is 0. The van der Waals surface area contributed by atoms with Gasteiger partial charge in [0.25, 0.3) is 0 Å². The Bertz CT molecular complexity index is 498. The van der Waals surface area contributed by atoms with Crippen LogP contribution in [0, 0.1) is 17.8 Å². The molecule has 1 aromatic carbocycles. The van der Waals surface area contributed by atoms with Crippen LogP contribution in [0.3, 0.4) is 0 Å². The fourth-order valence-electron chi connectivity index (χ4n) is 3.43. The van der Waals surface area contributed by atoms with Gasteiger partial charge in [-0.25, -0.2) is 0 Å². The largest absolute Gasteiger partial charge is 0.493 e. The van der Waals surface area contributed by atoms with Gasteiger partial charge in [0.2, 0.25) is 0 Å². The van der Waals surface area contributed by atoms with E-state index in [4.69, 9.17) is 9.47 Å². The molecule has 3 unspecified atom stereocenters. The average molecular weight is 273 g/mol. The number of nitrogens with one attached hydrogen (secondary N) is 1. The van der Waals surface area contributed by atoms with Gasteiger partial charge in [-0.15, -0.1) is 0 Å². The first-order chi connectivity index (χ1) is 9.80. The SMILES string of the molecule is CCOc1ccc(NCC2CC3C=CC2C3)cc1OC. The summed E-state index contributed by atoms with van der Waals surface area (Å²) in [4.78, 5) is 0. The first-order valence-electron chi connectivity index (χ1n) is 7.53. The van der Waals surface area contributed by atoms with Crippen LogP contribution in [0.2, 0.25) is 0 Å². The van der Waals surface area contributed by atoms with E-state index in [9.17, 15) is 0 Å². The second-order valence-electron chi connectivity index (χ2n) is 5.72. The molecule has 3 rings (SSSR count). The lowest BCUT2D eigenvalue weighted by Crippen LogP contribution is -2.18. The first-order valence-corrected chi connectivity index (χ1v) is 7.53. The number of benzene rings is 1. The monoisotopic (exact) mass is 273 g/mol. The van der Waals surface area contributed by atoms with Crippen molar-refractivity contribution >= 4 is 5.69 Å². The molecular formula is C17H23NO2. The molecule has 2 aliphatic rings. The molecule has 3 nitrogen and oxygen atoms in total. The summed E-state index contributed by atoms with van der Waals surface area (Å²) in [5.74, 6) is 4.01. The van der Waals surface area contributed by atoms with Crippen LogP contribution in [0.25, 0.3) is 0 Å². The van der Waals surface area contributed by atoms with E-state index >= 15 is 0 Å². The number of methoxy groups -OCH3 is 1. The molecule has 0 aliphatic heterocycles. The molecule has 0 saturated heterocycles. The van der Waals surface area contributed by atoms with E-state index in [1.54, 1.807) is 7.11 Å². The Kier molecular flexibility index (Phi) is 3.86. The Morgan fingerprint density at radius 1 is 1.20 bits per heavy atom. The molecule has 0 aromatic heterocycles. The van der Waals surface area contributed by atoms with E-state index in [0.717, 1.165) is 41.5 Å². The van der Waals surface area contributed by atoms with Crippen LogP contribution in [0.4, 0.5) is 5.69 Å². The van der Waals surface area contributed by atoms with Gasteiger partial charge in [0.15, 0.2) is 11.5 Å². The maximum atomic E-state index is 5.54. The normalized spacial score (nSPS) is 26.8. The molecule has 0 heterocycles. The van der Waals surface area contributed by atoms with Gasteiger partial charge in [-0.3, -0.25) is 0 Å². The summed E-state index contributed by atoms with van der Waals surface area (Å²) in [6, 6.07) is 6.07. The quantitative estimate of drug-likeness (QED) is 0.801. The van der Waals surface area contributed by atoms with Gasteiger partial charge in [0.05, 0.1) is 13.7 Å². The zero-order valence-electron chi connectivity index (χ0n) is 12.3. The predicted octanol–water partition coefficient (Wildman–Crippen LogP) is 3.72. The van der Waals surface area contributed by atoms with Gasteiger partial charge in [-0.1, -0.05) is 12.2 Å². The van der Waals surface area contributed by atoms with Crippen molar-refractivity contribution in [3.63, 3.8) is 0 Å². The molecular weight excluding hydrogens is 250 g/mol. The number of rotatable bonds is 6. The maximum Gasteiger partial charge on any atom is 0.162 e. The van der Waals surface area contributed by atoms with E-state index in [1.165, 1.54) is 12.8 Å². The Labute approximate surface area is 121 Å². The van der Waals surface area contributed by atoms with Gasteiger partial charge >= 0.3 is 0 Å². The minimum atomic E-state index is 0.653. The first kappa shape index (κ1) is 13.3. The topological polar surface area (TPSA) is 30.5 Å². The molecule has 1 saturated carbocycles. The fraction of sp³-hybridized carbons (Fsp3) is 0.529. The highest BCUT2D eigenvalue weighted by Crippen LogP contribution is 2.43. The molecule has 108 valence electrons. The number of ether oxygens (including phenoxy) is 2. The molecule has 1 aromatic rings. The summed E-state index contributed by atoms with van der Waals surface area (Å²) in [5.41, 5.74) is 1.11. The third kappa shape index (κ3) is 2.62. The molecule has 0 spiro atoms. The van der Waals surface area contributed by atoms with Crippen LogP contribution in [0.15, 0.2) is 30.4 Å². The molecule has 2 bridgehead atoms. The third-order valence-corrected chi connectivity index (χ3v) is 4.45. The van der Waals surface area contributed by atoms with Crippen LogP contribution in [-0.4, -0.2) is 20.3 Å². The number of fused-ring (bicyclic) bond motifs is 2. The lowest BCUT2D eigenvalue weighted by molar-refractivity contribution is 0.311. The van der Waals surface area contributed by atoms with E-state index in [1.807, 2.05) is 19.1 Å². The van der Waals surface area contributed by atoms with E-state index < -0.39 is 0 Å². The Morgan fingerprint density at radius 2 is 2.10 bits per heavy atom. The highest BCUT2D eigenvalue weighted by Gasteiger charge is 2.35. The Hall–Kier alpha value is -1.64. The third-order valence-electron chi connectivity index (χ3n) is 4.45. The summed E-state index contributed by atoms with van der Waals surface area (Å²) in [6.45, 7) is 3.68. The van der Waals surface area contributed by atoms with Crippen molar-refractivity contribution in [1.82, 2.24) is 0 Å². The fourth-order valence-corrected chi connectivity index (χ4v) is 3.43. The summed E-state index contributed by atoms with van der Waals surface area (Å²) in [5, 5.41) is 3.55. The highest BCUT2D eigenvalue weighted by atomic mass is 16.5. The second-order valence-corrected chi connectivity index (χ2v) is 5.72. The number of allylic oxidation sites excluding steroid dienone is 2. The summed E-state index contributed by atoms with van der Waals surface area (Å²) in [7, 11) is 1.68. The van der Waals surface area contributed by atoms with Gasteiger partial charge < -0.3 is 14.8 Å². The number of anilines is 1. The van der Waals surface area contributed by atoms with Crippen LogP contribution < -0.4 is 14.8 Å². The molecule has 20 heavy (non-hydrogen) atoms. The Morgan fingerprint density at radius 3 is 2.75 bits per heavy atom. The van der Waals surface area contributed by atoms with Gasteiger partial charge in [0, 0.05) is 18.3 Å². The molecule has 1 N–H and O–H groups in total. The molecule has 0 radical (unpaired) electrons. The van der Waals surface area contributed by atoms with Crippen molar-refractivity contribution in [3.8, 4) is 11.5 Å². The van der Waals surface area contributed by atoms with Crippen molar-refractivity contribution < 1.29 is 9.47 Å². The molecule has 1 fully saturated rings. The van der Waals surface area contributed by atoms with Crippen LogP contribution in [0.1, 0.15) is 19.8 Å². The zero-order valence-corrected chi connectivity index (χ0v) is 12.3. The van der Waals surface area contributed by atoms with Gasteiger partial charge in [0.1, 0.15) is 0 Å². The summed E-state index contributed by atoms with van der Waals surface area (Å²) < 4.78 is 10.9. The standard InChI is InChI=1S/C17H23NO2/c1-3-20-16-7-6-15(10-17(16)19-2)18-11-14-9-12-4-5-13(14)8-12/h4-7,10,12-14,18H,3,8-9,11H2,1-2H3. The molecule has 3 heteroatoms. The van der Waals surface area contributed by atoms with Crippen molar-refractivity contribution in [3.05, 3.63) is 30.4 Å². The predicted molar refractivity (Wildman–Crippen MR) is 81.5 cm³/mol. The minimum absolute atomic E-state index is 0.653. The van der Waals surface area contributed by atoms with Crippen LogP contribution >= 0.6 is 0 Å². The number of hydrogen-bond donors (Lipinski definition) is 1.